The molecule has 1 N–H and O–H groups in total. The molecule has 0 saturated carbocycles. The first kappa shape index (κ1) is 21.1. The number of hydrogen-bond acceptors (Lipinski definition) is 4. The van der Waals surface area contributed by atoms with Gasteiger partial charge in [-0.15, -0.1) is 0 Å². The van der Waals surface area contributed by atoms with Gasteiger partial charge in [-0.25, -0.2) is 0 Å². The van der Waals surface area contributed by atoms with E-state index >= 15 is 0 Å². The molecule has 0 unspecified atom stereocenters. The first-order valence-electron chi connectivity index (χ1n) is 10.3. The quantitative estimate of drug-likeness (QED) is 0.655. The summed E-state index contributed by atoms with van der Waals surface area (Å²) in [5.41, 5.74) is 3.42. The highest BCUT2D eigenvalue weighted by Crippen LogP contribution is 2.40. The molecule has 4 heteroatoms. The molecule has 0 spiro atoms. The van der Waals surface area contributed by atoms with Gasteiger partial charge in [0.15, 0.2) is 5.76 Å². The van der Waals surface area contributed by atoms with Gasteiger partial charge in [0.2, 0.25) is 5.78 Å². The molecular formula is C25H31NO3. The molecule has 0 amide bonds. The Morgan fingerprint density at radius 2 is 1.79 bits per heavy atom. The standard InChI is InChI=1S/C25H31NO3/c1-6-7-14-26(5)16-20-21(27)13-12-19-23(28)22(29-24(19)20)15-17-8-10-18(11-9-17)25(2,3)4/h8-13,15,27H,6-7,14,16H2,1-5H3/b22-15-. The van der Waals surface area contributed by atoms with Crippen LogP contribution >= 0.6 is 0 Å². The van der Waals surface area contributed by atoms with Crippen molar-refractivity contribution in [3.63, 3.8) is 0 Å². The fraction of sp³-hybridized carbons (Fsp3) is 0.400. The van der Waals surface area contributed by atoms with Crippen molar-refractivity contribution in [1.82, 2.24) is 4.90 Å². The Bertz CT molecular complexity index is 920. The van der Waals surface area contributed by atoms with E-state index in [4.69, 9.17) is 4.74 Å². The molecule has 2 aromatic rings. The average Bonchev–Trinajstić information content (AvgIpc) is 2.98. The number of nitrogens with zero attached hydrogens (tertiary/aromatic N) is 1. The summed E-state index contributed by atoms with van der Waals surface area (Å²) in [6.07, 6.45) is 3.97. The number of ketones is 1. The summed E-state index contributed by atoms with van der Waals surface area (Å²) in [6.45, 7) is 10.1. The van der Waals surface area contributed by atoms with Gasteiger partial charge >= 0.3 is 0 Å². The van der Waals surface area contributed by atoms with Crippen LogP contribution in [0.3, 0.4) is 0 Å². The monoisotopic (exact) mass is 393 g/mol. The van der Waals surface area contributed by atoms with E-state index < -0.39 is 0 Å². The van der Waals surface area contributed by atoms with Gasteiger partial charge in [-0.1, -0.05) is 58.4 Å². The van der Waals surface area contributed by atoms with Crippen molar-refractivity contribution >= 4 is 11.9 Å². The first-order valence-corrected chi connectivity index (χ1v) is 10.3. The van der Waals surface area contributed by atoms with Crippen molar-refractivity contribution in [2.75, 3.05) is 13.6 Å². The Balaban J connectivity index is 1.86. The number of hydrogen-bond donors (Lipinski definition) is 1. The lowest BCUT2D eigenvalue weighted by atomic mass is 9.86. The van der Waals surface area contributed by atoms with Crippen LogP contribution in [0.25, 0.3) is 6.08 Å². The van der Waals surface area contributed by atoms with Crippen LogP contribution in [0, 0.1) is 0 Å². The van der Waals surface area contributed by atoms with Crippen molar-refractivity contribution in [3.05, 3.63) is 64.4 Å². The highest BCUT2D eigenvalue weighted by molar-refractivity contribution is 6.15. The highest BCUT2D eigenvalue weighted by atomic mass is 16.5. The van der Waals surface area contributed by atoms with Crippen molar-refractivity contribution in [1.29, 1.82) is 0 Å². The number of fused-ring (bicyclic) bond motifs is 1. The zero-order chi connectivity index (χ0) is 21.2. The molecule has 154 valence electrons. The lowest BCUT2D eigenvalue weighted by Crippen LogP contribution is -2.19. The molecule has 0 aromatic heterocycles. The van der Waals surface area contributed by atoms with Crippen LogP contribution in [0.15, 0.2) is 42.2 Å². The lowest BCUT2D eigenvalue weighted by Gasteiger charge is -2.19. The number of benzene rings is 2. The third kappa shape index (κ3) is 4.70. The molecule has 0 saturated heterocycles. The molecule has 1 heterocycles. The maximum atomic E-state index is 12.9. The smallest absolute Gasteiger partial charge is 0.231 e. The predicted molar refractivity (Wildman–Crippen MR) is 117 cm³/mol. The zero-order valence-electron chi connectivity index (χ0n) is 18.1. The van der Waals surface area contributed by atoms with E-state index in [1.165, 1.54) is 5.56 Å². The number of aromatic hydroxyl groups is 1. The van der Waals surface area contributed by atoms with Crippen LogP contribution in [0.5, 0.6) is 11.5 Å². The summed E-state index contributed by atoms with van der Waals surface area (Å²) in [6, 6.07) is 11.4. The minimum Gasteiger partial charge on any atom is -0.507 e. The Morgan fingerprint density at radius 1 is 1.10 bits per heavy atom. The fourth-order valence-corrected chi connectivity index (χ4v) is 3.46. The summed E-state index contributed by atoms with van der Waals surface area (Å²) >= 11 is 0. The molecule has 0 fully saturated rings. The molecule has 3 rings (SSSR count). The molecule has 0 radical (unpaired) electrons. The average molecular weight is 394 g/mol. The Hall–Kier alpha value is -2.59. The molecule has 0 atom stereocenters. The number of carbonyl (C=O) groups is 1. The zero-order valence-corrected chi connectivity index (χ0v) is 18.1. The Kier molecular flexibility index (Phi) is 6.13. The number of allylic oxidation sites excluding steroid dienone is 1. The molecule has 4 nitrogen and oxygen atoms in total. The van der Waals surface area contributed by atoms with Gasteiger partial charge in [0.05, 0.1) is 11.1 Å². The summed E-state index contributed by atoms with van der Waals surface area (Å²) in [4.78, 5) is 15.0. The molecular weight excluding hydrogens is 362 g/mol. The van der Waals surface area contributed by atoms with Crippen molar-refractivity contribution < 1.29 is 14.6 Å². The van der Waals surface area contributed by atoms with E-state index in [0.29, 0.717) is 29.2 Å². The van der Waals surface area contributed by atoms with E-state index in [1.807, 2.05) is 19.2 Å². The Morgan fingerprint density at radius 3 is 2.41 bits per heavy atom. The number of carbonyl (C=O) groups excluding carboxylic acids is 1. The van der Waals surface area contributed by atoms with E-state index in [2.05, 4.69) is 44.7 Å². The molecule has 1 aliphatic heterocycles. The minimum atomic E-state index is -0.141. The second-order valence-electron chi connectivity index (χ2n) is 8.84. The summed E-state index contributed by atoms with van der Waals surface area (Å²) < 4.78 is 5.96. The van der Waals surface area contributed by atoms with Gasteiger partial charge in [-0.2, -0.15) is 0 Å². The van der Waals surface area contributed by atoms with Gasteiger partial charge < -0.3 is 14.7 Å². The van der Waals surface area contributed by atoms with Crippen LogP contribution in [0.2, 0.25) is 0 Å². The third-order valence-corrected chi connectivity index (χ3v) is 5.31. The highest BCUT2D eigenvalue weighted by Gasteiger charge is 2.31. The fourth-order valence-electron chi connectivity index (χ4n) is 3.46. The van der Waals surface area contributed by atoms with E-state index in [1.54, 1.807) is 18.2 Å². The molecule has 0 aliphatic carbocycles. The number of ether oxygens (including phenoxy) is 1. The summed E-state index contributed by atoms with van der Waals surface area (Å²) in [5.74, 6) is 0.801. The topological polar surface area (TPSA) is 49.8 Å². The minimum absolute atomic E-state index is 0.0812. The SMILES string of the molecule is CCCCN(C)Cc1c(O)ccc2c1O/C(=C\c1ccc(C(C)(C)C)cc1)C2=O. The number of phenolic OH excluding ortho intramolecular Hbond substituents is 1. The predicted octanol–water partition coefficient (Wildman–Crippen LogP) is 5.54. The summed E-state index contributed by atoms with van der Waals surface area (Å²) in [7, 11) is 2.01. The Labute approximate surface area is 173 Å². The lowest BCUT2D eigenvalue weighted by molar-refractivity contribution is 0.101. The van der Waals surface area contributed by atoms with Crippen LogP contribution in [-0.2, 0) is 12.0 Å². The van der Waals surface area contributed by atoms with Crippen LogP contribution in [0.1, 0.15) is 67.6 Å². The third-order valence-electron chi connectivity index (χ3n) is 5.31. The van der Waals surface area contributed by atoms with Crippen molar-refractivity contribution in [3.8, 4) is 11.5 Å². The van der Waals surface area contributed by atoms with Gasteiger partial charge in [0.25, 0.3) is 0 Å². The van der Waals surface area contributed by atoms with Gasteiger partial charge in [-0.05, 0) is 54.8 Å². The van der Waals surface area contributed by atoms with Crippen LogP contribution in [0.4, 0.5) is 0 Å². The first-order chi connectivity index (χ1) is 13.7. The van der Waals surface area contributed by atoms with E-state index in [0.717, 1.165) is 24.9 Å². The van der Waals surface area contributed by atoms with Crippen LogP contribution in [-0.4, -0.2) is 29.4 Å². The van der Waals surface area contributed by atoms with Gasteiger partial charge in [-0.3, -0.25) is 4.79 Å². The molecule has 1 aliphatic rings. The second kappa shape index (κ2) is 8.42. The summed E-state index contributed by atoms with van der Waals surface area (Å²) in [5, 5.41) is 10.4. The molecule has 0 bridgehead atoms. The number of phenols is 1. The van der Waals surface area contributed by atoms with Gasteiger partial charge in [0.1, 0.15) is 11.5 Å². The molecule has 29 heavy (non-hydrogen) atoms. The van der Waals surface area contributed by atoms with Crippen LogP contribution < -0.4 is 4.74 Å². The second-order valence-corrected chi connectivity index (χ2v) is 8.84. The normalized spacial score (nSPS) is 15.1. The van der Waals surface area contributed by atoms with E-state index in [9.17, 15) is 9.90 Å². The molecule has 2 aromatic carbocycles. The van der Waals surface area contributed by atoms with Crippen molar-refractivity contribution in [2.45, 2.75) is 52.5 Å². The number of rotatable bonds is 6. The number of Topliss-reactive ketones (excluding diaryl/α,β-unsaturated/α-hetero) is 1. The maximum Gasteiger partial charge on any atom is 0.231 e. The maximum absolute atomic E-state index is 12.9. The number of unbranched alkanes of at least 4 members (excludes halogenated alkanes) is 1. The largest absolute Gasteiger partial charge is 0.507 e. The van der Waals surface area contributed by atoms with E-state index in [-0.39, 0.29) is 16.9 Å². The van der Waals surface area contributed by atoms with Crippen molar-refractivity contribution in [2.24, 2.45) is 0 Å². The van der Waals surface area contributed by atoms with Gasteiger partial charge in [0, 0.05) is 6.54 Å².